The molecule has 2 aromatic carbocycles. The van der Waals surface area contributed by atoms with Crippen LogP contribution in [-0.4, -0.2) is 32.8 Å². The zero-order valence-corrected chi connectivity index (χ0v) is 15.0. The van der Waals surface area contributed by atoms with Crippen LogP contribution in [0, 0.1) is 0 Å². The molecule has 132 valence electrons. The molecule has 0 heterocycles. The second-order valence-corrected chi connectivity index (χ2v) is 5.96. The van der Waals surface area contributed by atoms with E-state index in [1.54, 1.807) is 6.21 Å². The summed E-state index contributed by atoms with van der Waals surface area (Å²) in [4.78, 5) is 13.8. The van der Waals surface area contributed by atoms with Crippen LogP contribution in [0.5, 0.6) is 5.75 Å². The van der Waals surface area contributed by atoms with Gasteiger partial charge in [-0.25, -0.2) is 5.43 Å². The van der Waals surface area contributed by atoms with Gasteiger partial charge in [0.25, 0.3) is 5.91 Å². The number of anilines is 1. The van der Waals surface area contributed by atoms with Crippen LogP contribution in [0.15, 0.2) is 53.6 Å². The first-order chi connectivity index (χ1) is 12.1. The topological polar surface area (TPSA) is 53.9 Å². The van der Waals surface area contributed by atoms with Crippen LogP contribution >= 0.6 is 0 Å². The molecule has 0 aromatic heterocycles. The highest BCUT2D eigenvalue weighted by atomic mass is 16.5. The number of carbonyl (C=O) groups is 1. The van der Waals surface area contributed by atoms with E-state index in [1.165, 1.54) is 5.56 Å². The van der Waals surface area contributed by atoms with Gasteiger partial charge in [0.1, 0.15) is 5.75 Å². The molecule has 25 heavy (non-hydrogen) atoms. The highest BCUT2D eigenvalue weighted by molar-refractivity contribution is 5.83. The van der Waals surface area contributed by atoms with Gasteiger partial charge in [0.2, 0.25) is 0 Å². The fraction of sp³-hybridized carbons (Fsp3) is 0.300. The lowest BCUT2D eigenvalue weighted by Crippen LogP contribution is -2.24. The van der Waals surface area contributed by atoms with Gasteiger partial charge in [0.05, 0.1) is 6.21 Å². The van der Waals surface area contributed by atoms with Crippen molar-refractivity contribution in [3.05, 3.63) is 59.7 Å². The van der Waals surface area contributed by atoms with E-state index >= 15 is 0 Å². The highest BCUT2D eigenvalue weighted by Gasteiger charge is 2.01. The Balaban J connectivity index is 1.76. The molecule has 2 aromatic rings. The quantitative estimate of drug-likeness (QED) is 0.593. The van der Waals surface area contributed by atoms with E-state index in [4.69, 9.17) is 4.74 Å². The van der Waals surface area contributed by atoms with Crippen molar-refractivity contribution < 1.29 is 9.53 Å². The third kappa shape index (κ3) is 6.30. The summed E-state index contributed by atoms with van der Waals surface area (Å²) >= 11 is 0. The molecule has 0 fully saturated rings. The Bertz CT molecular complexity index is 692. The Hall–Kier alpha value is -2.82. The summed E-state index contributed by atoms with van der Waals surface area (Å²) in [5.41, 5.74) is 5.76. The number of benzene rings is 2. The molecule has 0 bridgehead atoms. The van der Waals surface area contributed by atoms with E-state index in [2.05, 4.69) is 17.5 Å². The molecule has 5 heteroatoms. The van der Waals surface area contributed by atoms with Crippen molar-refractivity contribution in [3.8, 4) is 5.75 Å². The van der Waals surface area contributed by atoms with Gasteiger partial charge in [-0.2, -0.15) is 5.10 Å². The maximum absolute atomic E-state index is 11.8. The first kappa shape index (κ1) is 18.5. The minimum Gasteiger partial charge on any atom is -0.484 e. The van der Waals surface area contributed by atoms with Crippen LogP contribution in [0.1, 0.15) is 24.5 Å². The smallest absolute Gasteiger partial charge is 0.277 e. The fourth-order valence-corrected chi connectivity index (χ4v) is 2.26. The lowest BCUT2D eigenvalue weighted by molar-refractivity contribution is -0.123. The van der Waals surface area contributed by atoms with Gasteiger partial charge in [0, 0.05) is 19.8 Å². The van der Waals surface area contributed by atoms with Crippen molar-refractivity contribution in [1.82, 2.24) is 5.43 Å². The van der Waals surface area contributed by atoms with Gasteiger partial charge in [-0.05, 0) is 41.8 Å². The Morgan fingerprint density at radius 1 is 1.12 bits per heavy atom. The number of hydrogen-bond acceptors (Lipinski definition) is 4. The van der Waals surface area contributed by atoms with Crippen molar-refractivity contribution in [3.63, 3.8) is 0 Å². The van der Waals surface area contributed by atoms with Gasteiger partial charge in [-0.1, -0.05) is 37.6 Å². The number of hydrazone groups is 1. The normalized spacial score (nSPS) is 10.7. The van der Waals surface area contributed by atoms with Crippen LogP contribution < -0.4 is 15.1 Å². The molecule has 1 N–H and O–H groups in total. The molecular formula is C20H25N3O2. The first-order valence-electron chi connectivity index (χ1n) is 8.39. The van der Waals surface area contributed by atoms with E-state index in [1.807, 2.05) is 67.5 Å². The molecule has 5 nitrogen and oxygen atoms in total. The SMILES string of the molecule is CCCc1ccc(OCC(=O)N/N=C/c2ccc(N(C)C)cc2)cc1. The predicted molar refractivity (Wildman–Crippen MR) is 102 cm³/mol. The number of amides is 1. The molecule has 0 spiro atoms. The van der Waals surface area contributed by atoms with Gasteiger partial charge in [-0.3, -0.25) is 4.79 Å². The largest absolute Gasteiger partial charge is 0.484 e. The van der Waals surface area contributed by atoms with Crippen LogP contribution in [-0.2, 0) is 11.2 Å². The number of carbonyl (C=O) groups excluding carboxylic acids is 1. The monoisotopic (exact) mass is 339 g/mol. The summed E-state index contributed by atoms with van der Waals surface area (Å²) in [7, 11) is 3.97. The van der Waals surface area contributed by atoms with Crippen molar-refractivity contribution >= 4 is 17.8 Å². The lowest BCUT2D eigenvalue weighted by atomic mass is 10.1. The highest BCUT2D eigenvalue weighted by Crippen LogP contribution is 2.13. The third-order valence-electron chi connectivity index (χ3n) is 3.64. The standard InChI is InChI=1S/C20H25N3O2/c1-4-5-16-8-12-19(13-9-16)25-15-20(24)22-21-14-17-6-10-18(11-7-17)23(2)3/h6-14H,4-5,15H2,1-3H3,(H,22,24)/b21-14+. The Morgan fingerprint density at radius 3 is 2.40 bits per heavy atom. The summed E-state index contributed by atoms with van der Waals surface area (Å²) in [6, 6.07) is 15.7. The summed E-state index contributed by atoms with van der Waals surface area (Å²) in [6.07, 6.45) is 3.76. The zero-order chi connectivity index (χ0) is 18.1. The number of nitrogens with one attached hydrogen (secondary N) is 1. The van der Waals surface area contributed by atoms with Crippen LogP contribution in [0.25, 0.3) is 0 Å². The lowest BCUT2D eigenvalue weighted by Gasteiger charge is -2.11. The maximum Gasteiger partial charge on any atom is 0.277 e. The van der Waals surface area contributed by atoms with Crippen LogP contribution in [0.4, 0.5) is 5.69 Å². The summed E-state index contributed by atoms with van der Waals surface area (Å²) in [5, 5.41) is 3.95. The molecular weight excluding hydrogens is 314 g/mol. The predicted octanol–water partition coefficient (Wildman–Crippen LogP) is 3.23. The van der Waals surface area contributed by atoms with Crippen molar-refractivity contribution in [2.75, 3.05) is 25.6 Å². The number of nitrogens with zero attached hydrogens (tertiary/aromatic N) is 2. The molecule has 0 aliphatic carbocycles. The molecule has 0 atom stereocenters. The van der Waals surface area contributed by atoms with Gasteiger partial charge >= 0.3 is 0 Å². The molecule has 0 aliphatic heterocycles. The number of rotatable bonds is 8. The molecule has 0 unspecified atom stereocenters. The summed E-state index contributed by atoms with van der Waals surface area (Å²) in [5.74, 6) is 0.386. The third-order valence-corrected chi connectivity index (χ3v) is 3.64. The van der Waals surface area contributed by atoms with E-state index in [-0.39, 0.29) is 12.5 Å². The van der Waals surface area contributed by atoms with Gasteiger partial charge in [-0.15, -0.1) is 0 Å². The van der Waals surface area contributed by atoms with E-state index in [9.17, 15) is 4.79 Å². The molecule has 2 rings (SSSR count). The van der Waals surface area contributed by atoms with E-state index in [0.29, 0.717) is 5.75 Å². The number of aryl methyl sites for hydroxylation is 1. The Labute approximate surface area is 149 Å². The second kappa shape index (κ2) is 9.47. The van der Waals surface area contributed by atoms with Crippen molar-refractivity contribution in [2.45, 2.75) is 19.8 Å². The Kier molecular flexibility index (Phi) is 7.01. The second-order valence-electron chi connectivity index (χ2n) is 5.96. The van der Waals surface area contributed by atoms with Crippen LogP contribution in [0.3, 0.4) is 0 Å². The van der Waals surface area contributed by atoms with Crippen molar-refractivity contribution in [2.24, 2.45) is 5.10 Å². The van der Waals surface area contributed by atoms with E-state index in [0.717, 1.165) is 24.1 Å². The van der Waals surface area contributed by atoms with Crippen molar-refractivity contribution in [1.29, 1.82) is 0 Å². The molecule has 0 saturated heterocycles. The van der Waals surface area contributed by atoms with E-state index < -0.39 is 0 Å². The summed E-state index contributed by atoms with van der Waals surface area (Å²) in [6.45, 7) is 2.08. The fourth-order valence-electron chi connectivity index (χ4n) is 2.26. The minimum absolute atomic E-state index is 0.0654. The minimum atomic E-state index is -0.293. The average Bonchev–Trinajstić information content (AvgIpc) is 2.62. The molecule has 0 aliphatic rings. The maximum atomic E-state index is 11.8. The van der Waals surface area contributed by atoms with Gasteiger partial charge in [0.15, 0.2) is 6.61 Å². The zero-order valence-electron chi connectivity index (χ0n) is 15.0. The van der Waals surface area contributed by atoms with Gasteiger partial charge < -0.3 is 9.64 Å². The number of ether oxygens (including phenoxy) is 1. The molecule has 0 radical (unpaired) electrons. The molecule has 0 saturated carbocycles. The number of hydrogen-bond donors (Lipinski definition) is 1. The summed E-state index contributed by atoms with van der Waals surface area (Å²) < 4.78 is 5.45. The first-order valence-corrected chi connectivity index (χ1v) is 8.39. The molecule has 1 amide bonds. The average molecular weight is 339 g/mol. The van der Waals surface area contributed by atoms with Crippen LogP contribution in [0.2, 0.25) is 0 Å². The Morgan fingerprint density at radius 2 is 1.80 bits per heavy atom.